The summed E-state index contributed by atoms with van der Waals surface area (Å²) in [6.45, 7) is 0.349. The largest absolute Gasteiger partial charge is 0.438 e. The number of piperidine rings is 1. The van der Waals surface area contributed by atoms with Crippen molar-refractivity contribution in [2.75, 3.05) is 13.3 Å². The standard InChI is InChI=1S/C7H13NO3/c9-5-11-7(10)6-3-1-2-4-8-6/h6,8-9H,1-5H2. The molecule has 1 aliphatic heterocycles. The molecule has 4 nitrogen and oxygen atoms in total. The monoisotopic (exact) mass is 159 g/mol. The van der Waals surface area contributed by atoms with Crippen molar-refractivity contribution >= 4 is 5.97 Å². The van der Waals surface area contributed by atoms with E-state index in [2.05, 4.69) is 10.1 Å². The molecule has 0 spiro atoms. The highest BCUT2D eigenvalue weighted by Crippen LogP contribution is 2.07. The Morgan fingerprint density at radius 3 is 3.00 bits per heavy atom. The smallest absolute Gasteiger partial charge is 0.325 e. The minimum atomic E-state index is -0.517. The molecule has 4 heteroatoms. The van der Waals surface area contributed by atoms with E-state index >= 15 is 0 Å². The van der Waals surface area contributed by atoms with Crippen molar-refractivity contribution in [2.45, 2.75) is 25.3 Å². The average Bonchev–Trinajstić information content (AvgIpc) is 2.07. The highest BCUT2D eigenvalue weighted by atomic mass is 16.6. The summed E-state index contributed by atoms with van der Waals surface area (Å²) in [6.07, 6.45) is 2.99. The van der Waals surface area contributed by atoms with Crippen LogP contribution in [0.5, 0.6) is 0 Å². The zero-order valence-corrected chi connectivity index (χ0v) is 6.38. The lowest BCUT2D eigenvalue weighted by molar-refractivity contribution is -0.154. The molecule has 0 radical (unpaired) electrons. The average molecular weight is 159 g/mol. The van der Waals surface area contributed by atoms with Gasteiger partial charge >= 0.3 is 5.97 Å². The predicted octanol–water partition coefficient (Wildman–Crippen LogP) is -0.379. The molecule has 1 rings (SSSR count). The molecule has 1 aliphatic rings. The molecule has 0 aromatic heterocycles. The van der Waals surface area contributed by atoms with Crippen LogP contribution in [0.25, 0.3) is 0 Å². The molecular weight excluding hydrogens is 146 g/mol. The fourth-order valence-corrected chi connectivity index (χ4v) is 1.22. The summed E-state index contributed by atoms with van der Waals surface area (Å²) < 4.78 is 4.44. The normalized spacial score (nSPS) is 24.6. The molecule has 0 bridgehead atoms. The number of carbonyl (C=O) groups excluding carboxylic acids is 1. The van der Waals surface area contributed by atoms with E-state index in [1.165, 1.54) is 0 Å². The Balaban J connectivity index is 2.27. The number of aliphatic hydroxyl groups excluding tert-OH is 1. The number of rotatable bonds is 2. The van der Waals surface area contributed by atoms with Crippen molar-refractivity contribution in [1.82, 2.24) is 5.32 Å². The number of carbonyl (C=O) groups is 1. The van der Waals surface area contributed by atoms with Gasteiger partial charge in [0, 0.05) is 0 Å². The molecule has 2 N–H and O–H groups in total. The summed E-state index contributed by atoms with van der Waals surface area (Å²) in [5.74, 6) is -0.341. The first-order chi connectivity index (χ1) is 5.34. The van der Waals surface area contributed by atoms with Gasteiger partial charge in [0.05, 0.1) is 0 Å². The van der Waals surface area contributed by atoms with Gasteiger partial charge in [-0.25, -0.2) is 0 Å². The van der Waals surface area contributed by atoms with Crippen LogP contribution < -0.4 is 5.32 Å². The number of esters is 1. The second-order valence-electron chi connectivity index (χ2n) is 2.59. The van der Waals surface area contributed by atoms with E-state index in [1.54, 1.807) is 0 Å². The van der Waals surface area contributed by atoms with E-state index in [9.17, 15) is 4.79 Å². The third-order valence-corrected chi connectivity index (χ3v) is 1.80. The molecule has 1 fully saturated rings. The minimum Gasteiger partial charge on any atom is -0.438 e. The van der Waals surface area contributed by atoms with Crippen LogP contribution in [0.4, 0.5) is 0 Å². The molecule has 0 aliphatic carbocycles. The maximum absolute atomic E-state index is 11.0. The molecule has 0 aromatic rings. The van der Waals surface area contributed by atoms with Crippen LogP contribution >= 0.6 is 0 Å². The van der Waals surface area contributed by atoms with E-state index in [-0.39, 0.29) is 12.0 Å². The Morgan fingerprint density at radius 1 is 1.64 bits per heavy atom. The summed E-state index contributed by atoms with van der Waals surface area (Å²) in [6, 6.07) is -0.198. The Labute approximate surface area is 65.5 Å². The number of hydrogen-bond donors (Lipinski definition) is 2. The summed E-state index contributed by atoms with van der Waals surface area (Å²) in [7, 11) is 0. The Morgan fingerprint density at radius 2 is 2.45 bits per heavy atom. The van der Waals surface area contributed by atoms with Crippen molar-refractivity contribution < 1.29 is 14.6 Å². The van der Waals surface area contributed by atoms with Crippen LogP contribution in [0.3, 0.4) is 0 Å². The van der Waals surface area contributed by atoms with Crippen LogP contribution in [-0.4, -0.2) is 30.5 Å². The lowest BCUT2D eigenvalue weighted by atomic mass is 10.1. The Hall–Kier alpha value is -0.610. The van der Waals surface area contributed by atoms with E-state index < -0.39 is 6.79 Å². The summed E-state index contributed by atoms with van der Waals surface area (Å²) in [4.78, 5) is 11.0. The number of ether oxygens (including phenoxy) is 1. The lowest BCUT2D eigenvalue weighted by Crippen LogP contribution is -2.41. The van der Waals surface area contributed by atoms with E-state index in [4.69, 9.17) is 5.11 Å². The maximum atomic E-state index is 11.0. The quantitative estimate of drug-likeness (QED) is 0.426. The van der Waals surface area contributed by atoms with Gasteiger partial charge in [0.15, 0.2) is 6.79 Å². The molecule has 0 aromatic carbocycles. The van der Waals surface area contributed by atoms with Crippen LogP contribution in [0.1, 0.15) is 19.3 Å². The number of nitrogens with one attached hydrogen (secondary N) is 1. The third-order valence-electron chi connectivity index (χ3n) is 1.80. The zero-order chi connectivity index (χ0) is 8.10. The minimum absolute atomic E-state index is 0.198. The van der Waals surface area contributed by atoms with Gasteiger partial charge in [0.1, 0.15) is 6.04 Å². The molecule has 1 unspecified atom stereocenters. The van der Waals surface area contributed by atoms with E-state index in [1.807, 2.05) is 0 Å². The Bertz CT molecular complexity index is 132. The second kappa shape index (κ2) is 4.31. The highest BCUT2D eigenvalue weighted by Gasteiger charge is 2.21. The molecule has 1 saturated heterocycles. The molecule has 11 heavy (non-hydrogen) atoms. The van der Waals surface area contributed by atoms with Crippen molar-refractivity contribution in [1.29, 1.82) is 0 Å². The van der Waals surface area contributed by atoms with Gasteiger partial charge in [-0.15, -0.1) is 0 Å². The molecule has 1 atom stereocenters. The maximum Gasteiger partial charge on any atom is 0.325 e. The molecule has 1 heterocycles. The summed E-state index contributed by atoms with van der Waals surface area (Å²) >= 11 is 0. The van der Waals surface area contributed by atoms with Gasteiger partial charge in [0.25, 0.3) is 0 Å². The van der Waals surface area contributed by atoms with Crippen LogP contribution in [0.2, 0.25) is 0 Å². The van der Waals surface area contributed by atoms with Gasteiger partial charge in [-0.2, -0.15) is 0 Å². The predicted molar refractivity (Wildman–Crippen MR) is 38.8 cm³/mol. The van der Waals surface area contributed by atoms with Crippen LogP contribution in [0, 0.1) is 0 Å². The first kappa shape index (κ1) is 8.49. The van der Waals surface area contributed by atoms with Crippen LogP contribution in [-0.2, 0) is 9.53 Å². The van der Waals surface area contributed by atoms with Gasteiger partial charge < -0.3 is 15.2 Å². The zero-order valence-electron chi connectivity index (χ0n) is 6.38. The van der Waals surface area contributed by atoms with Crippen molar-refractivity contribution in [3.63, 3.8) is 0 Å². The fourth-order valence-electron chi connectivity index (χ4n) is 1.22. The lowest BCUT2D eigenvalue weighted by Gasteiger charge is -2.20. The SMILES string of the molecule is O=C(OCO)C1CCCCN1. The van der Waals surface area contributed by atoms with Crippen molar-refractivity contribution in [3.8, 4) is 0 Å². The highest BCUT2D eigenvalue weighted by molar-refractivity contribution is 5.75. The van der Waals surface area contributed by atoms with Crippen molar-refractivity contribution in [3.05, 3.63) is 0 Å². The van der Waals surface area contributed by atoms with Gasteiger partial charge in [-0.05, 0) is 19.4 Å². The summed E-state index contributed by atoms with van der Waals surface area (Å²) in [5.41, 5.74) is 0. The van der Waals surface area contributed by atoms with Gasteiger partial charge in [-0.3, -0.25) is 4.79 Å². The van der Waals surface area contributed by atoms with Gasteiger partial charge in [0.2, 0.25) is 0 Å². The molecule has 64 valence electrons. The van der Waals surface area contributed by atoms with E-state index in [0.29, 0.717) is 0 Å². The van der Waals surface area contributed by atoms with Crippen LogP contribution in [0.15, 0.2) is 0 Å². The number of aliphatic hydroxyl groups is 1. The molecular formula is C7H13NO3. The van der Waals surface area contributed by atoms with E-state index in [0.717, 1.165) is 25.8 Å². The second-order valence-corrected chi connectivity index (χ2v) is 2.59. The molecule has 0 amide bonds. The van der Waals surface area contributed by atoms with Crippen molar-refractivity contribution in [2.24, 2.45) is 0 Å². The first-order valence-electron chi connectivity index (χ1n) is 3.85. The third kappa shape index (κ3) is 2.48. The first-order valence-corrected chi connectivity index (χ1v) is 3.85. The Kier molecular flexibility index (Phi) is 3.32. The fraction of sp³-hybridized carbons (Fsp3) is 0.857. The van der Waals surface area contributed by atoms with Gasteiger partial charge in [-0.1, -0.05) is 6.42 Å². The topological polar surface area (TPSA) is 58.6 Å². The molecule has 0 saturated carbocycles. The summed E-state index contributed by atoms with van der Waals surface area (Å²) in [5, 5.41) is 11.3. The number of hydrogen-bond acceptors (Lipinski definition) is 4.